The molecule has 2 rings (SSSR count). The van der Waals surface area contributed by atoms with Crippen LogP contribution in [-0.4, -0.2) is 12.9 Å². The van der Waals surface area contributed by atoms with E-state index in [1.165, 1.54) is 24.5 Å². The van der Waals surface area contributed by atoms with Crippen molar-refractivity contribution in [3.05, 3.63) is 50.4 Å². The van der Waals surface area contributed by atoms with Gasteiger partial charge < -0.3 is 4.74 Å². The summed E-state index contributed by atoms with van der Waals surface area (Å²) in [6, 6.07) is 6.34. The summed E-state index contributed by atoms with van der Waals surface area (Å²) in [7, 11) is 1.54. The Labute approximate surface area is 117 Å². The minimum absolute atomic E-state index is 0.0274. The van der Waals surface area contributed by atoms with E-state index in [1.807, 2.05) is 5.38 Å². The van der Waals surface area contributed by atoms with Crippen LogP contribution >= 0.6 is 27.3 Å². The molecule has 0 bridgehead atoms. The van der Waals surface area contributed by atoms with Gasteiger partial charge in [0.1, 0.15) is 16.4 Å². The first-order valence-corrected chi connectivity index (χ1v) is 6.87. The van der Waals surface area contributed by atoms with Crippen LogP contribution in [0.25, 0.3) is 0 Å². The van der Waals surface area contributed by atoms with Crippen LogP contribution in [0.1, 0.15) is 15.2 Å². The predicted molar refractivity (Wildman–Crippen MR) is 73.0 cm³/mol. The highest BCUT2D eigenvalue weighted by Gasteiger charge is 2.14. The Hall–Kier alpha value is -1.20. The number of benzene rings is 1. The van der Waals surface area contributed by atoms with Gasteiger partial charge in [-0.25, -0.2) is 4.39 Å². The Bertz CT molecular complexity index is 580. The van der Waals surface area contributed by atoms with E-state index >= 15 is 0 Å². The lowest BCUT2D eigenvalue weighted by atomic mass is 10.1. The van der Waals surface area contributed by atoms with Crippen LogP contribution in [-0.2, 0) is 6.42 Å². The summed E-state index contributed by atoms with van der Waals surface area (Å²) in [4.78, 5) is 12.7. The summed E-state index contributed by atoms with van der Waals surface area (Å²) in [6.07, 6.45) is 0.232. The summed E-state index contributed by atoms with van der Waals surface area (Å²) in [5.74, 6) is 0.228. The van der Waals surface area contributed by atoms with E-state index in [0.29, 0.717) is 15.1 Å². The molecule has 0 aliphatic heterocycles. The molecule has 2 aromatic rings. The molecule has 1 aromatic heterocycles. The lowest BCUT2D eigenvalue weighted by Crippen LogP contribution is -2.03. The number of ketones is 1. The Balaban J connectivity index is 2.19. The molecule has 5 heteroatoms. The zero-order valence-electron chi connectivity index (χ0n) is 9.57. The summed E-state index contributed by atoms with van der Waals surface area (Å²) in [5, 5.41) is 1.81. The predicted octanol–water partition coefficient (Wildman–Crippen LogP) is 4.08. The van der Waals surface area contributed by atoms with Gasteiger partial charge in [0.15, 0.2) is 5.78 Å². The van der Waals surface area contributed by atoms with Gasteiger partial charge in [0.05, 0.1) is 11.6 Å². The Morgan fingerprint density at radius 1 is 1.44 bits per heavy atom. The van der Waals surface area contributed by atoms with Crippen molar-refractivity contribution in [2.24, 2.45) is 0 Å². The first-order chi connectivity index (χ1) is 8.61. The maximum Gasteiger partial charge on any atom is 0.180 e. The molecule has 94 valence electrons. The number of hydrogen-bond donors (Lipinski definition) is 0. The third-order valence-corrected chi connectivity index (χ3v) is 4.00. The SMILES string of the molecule is COc1ccsc1C(=O)Cc1ccc(F)c(Br)c1. The van der Waals surface area contributed by atoms with E-state index in [9.17, 15) is 9.18 Å². The van der Waals surface area contributed by atoms with Crippen molar-refractivity contribution in [2.75, 3.05) is 7.11 Å². The molecule has 1 heterocycles. The molecule has 0 spiro atoms. The lowest BCUT2D eigenvalue weighted by Gasteiger charge is -2.03. The normalized spacial score (nSPS) is 10.4. The molecule has 1 aromatic carbocycles. The average molecular weight is 329 g/mol. The summed E-state index contributed by atoms with van der Waals surface area (Å²) >= 11 is 4.45. The van der Waals surface area contributed by atoms with Crippen LogP contribution in [0.4, 0.5) is 4.39 Å². The first kappa shape index (κ1) is 13.2. The molecule has 0 saturated carbocycles. The highest BCUT2D eigenvalue weighted by Crippen LogP contribution is 2.26. The Morgan fingerprint density at radius 2 is 2.22 bits per heavy atom. The minimum atomic E-state index is -0.333. The molecule has 0 aliphatic carbocycles. The van der Waals surface area contributed by atoms with Gasteiger partial charge in [0, 0.05) is 6.42 Å². The van der Waals surface area contributed by atoms with Crippen molar-refractivity contribution < 1.29 is 13.9 Å². The third-order valence-electron chi connectivity index (χ3n) is 2.45. The summed E-state index contributed by atoms with van der Waals surface area (Å²) < 4.78 is 18.6. The quantitative estimate of drug-likeness (QED) is 0.790. The molecule has 0 saturated heterocycles. The van der Waals surface area contributed by atoms with Gasteiger partial charge in [0.2, 0.25) is 0 Å². The second-order valence-corrected chi connectivity index (χ2v) is 5.44. The Morgan fingerprint density at radius 3 is 2.89 bits per heavy atom. The highest BCUT2D eigenvalue weighted by atomic mass is 79.9. The second-order valence-electron chi connectivity index (χ2n) is 3.67. The van der Waals surface area contributed by atoms with E-state index in [2.05, 4.69) is 15.9 Å². The average Bonchev–Trinajstić information content (AvgIpc) is 2.82. The second kappa shape index (κ2) is 5.63. The molecule has 0 unspecified atom stereocenters. The fraction of sp³-hybridized carbons (Fsp3) is 0.154. The number of Topliss-reactive ketones (excluding diaryl/α,β-unsaturated/α-hetero) is 1. The largest absolute Gasteiger partial charge is 0.495 e. The van der Waals surface area contributed by atoms with E-state index in [0.717, 1.165) is 5.56 Å². The van der Waals surface area contributed by atoms with Crippen molar-refractivity contribution in [1.82, 2.24) is 0 Å². The zero-order valence-corrected chi connectivity index (χ0v) is 12.0. The van der Waals surface area contributed by atoms with E-state index in [1.54, 1.807) is 18.2 Å². The molecule has 2 nitrogen and oxygen atoms in total. The van der Waals surface area contributed by atoms with Gasteiger partial charge >= 0.3 is 0 Å². The van der Waals surface area contributed by atoms with Gasteiger partial charge in [-0.3, -0.25) is 4.79 Å². The maximum atomic E-state index is 13.1. The fourth-order valence-corrected chi connectivity index (χ4v) is 2.80. The third kappa shape index (κ3) is 2.79. The van der Waals surface area contributed by atoms with Gasteiger partial charge in [0.25, 0.3) is 0 Å². The number of ether oxygens (including phenoxy) is 1. The van der Waals surface area contributed by atoms with Gasteiger partial charge in [-0.05, 0) is 45.1 Å². The van der Waals surface area contributed by atoms with Crippen LogP contribution < -0.4 is 4.74 Å². The summed E-state index contributed by atoms with van der Waals surface area (Å²) in [6.45, 7) is 0. The lowest BCUT2D eigenvalue weighted by molar-refractivity contribution is 0.0994. The number of carbonyl (C=O) groups is 1. The molecule has 0 fully saturated rings. The molecular weight excluding hydrogens is 319 g/mol. The molecule has 0 aliphatic rings. The molecule has 18 heavy (non-hydrogen) atoms. The van der Waals surface area contributed by atoms with Crippen LogP contribution in [0.3, 0.4) is 0 Å². The number of thiophene rings is 1. The standard InChI is InChI=1S/C13H10BrFO2S/c1-17-12-4-5-18-13(12)11(16)7-8-2-3-10(15)9(14)6-8/h2-6H,7H2,1H3. The zero-order chi connectivity index (χ0) is 13.1. The molecule has 0 atom stereocenters. The van der Waals surface area contributed by atoms with E-state index in [-0.39, 0.29) is 18.0 Å². The van der Waals surface area contributed by atoms with Crippen LogP contribution in [0.15, 0.2) is 34.1 Å². The molecule has 0 amide bonds. The van der Waals surface area contributed by atoms with E-state index in [4.69, 9.17) is 4.74 Å². The van der Waals surface area contributed by atoms with Crippen molar-refractivity contribution in [1.29, 1.82) is 0 Å². The molecule has 0 N–H and O–H groups in total. The van der Waals surface area contributed by atoms with Gasteiger partial charge in [-0.15, -0.1) is 11.3 Å². The number of methoxy groups -OCH3 is 1. The van der Waals surface area contributed by atoms with Gasteiger partial charge in [-0.1, -0.05) is 6.07 Å². The van der Waals surface area contributed by atoms with Crippen molar-refractivity contribution in [3.8, 4) is 5.75 Å². The number of hydrogen-bond acceptors (Lipinski definition) is 3. The Kier molecular flexibility index (Phi) is 4.14. The van der Waals surface area contributed by atoms with Gasteiger partial charge in [-0.2, -0.15) is 0 Å². The number of carbonyl (C=O) groups excluding carboxylic acids is 1. The number of rotatable bonds is 4. The van der Waals surface area contributed by atoms with Crippen molar-refractivity contribution in [3.63, 3.8) is 0 Å². The highest BCUT2D eigenvalue weighted by molar-refractivity contribution is 9.10. The summed E-state index contributed by atoms with van der Waals surface area (Å²) in [5.41, 5.74) is 0.767. The molecule has 0 radical (unpaired) electrons. The van der Waals surface area contributed by atoms with Crippen molar-refractivity contribution in [2.45, 2.75) is 6.42 Å². The van der Waals surface area contributed by atoms with Crippen molar-refractivity contribution >= 4 is 33.0 Å². The minimum Gasteiger partial charge on any atom is -0.495 e. The van der Waals surface area contributed by atoms with Crippen LogP contribution in [0.5, 0.6) is 5.75 Å². The first-order valence-electron chi connectivity index (χ1n) is 5.20. The van der Waals surface area contributed by atoms with E-state index < -0.39 is 0 Å². The van der Waals surface area contributed by atoms with Crippen LogP contribution in [0.2, 0.25) is 0 Å². The maximum absolute atomic E-state index is 13.1. The number of halogens is 2. The fourth-order valence-electron chi connectivity index (χ4n) is 1.58. The topological polar surface area (TPSA) is 26.3 Å². The van der Waals surface area contributed by atoms with Crippen LogP contribution in [0, 0.1) is 5.82 Å². The monoisotopic (exact) mass is 328 g/mol. The molecular formula is C13H10BrFO2S. The smallest absolute Gasteiger partial charge is 0.180 e.